The highest BCUT2D eigenvalue weighted by Gasteiger charge is 2.25. The molecule has 0 spiro atoms. The molecule has 1 aliphatic heterocycles. The van der Waals surface area contributed by atoms with Crippen molar-refractivity contribution in [1.29, 1.82) is 0 Å². The first-order valence-electron chi connectivity index (χ1n) is 11.4. The molecule has 6 nitrogen and oxygen atoms in total. The number of hydrogen-bond donors (Lipinski definition) is 1. The van der Waals surface area contributed by atoms with Gasteiger partial charge in [0.05, 0.1) is 6.04 Å². The first-order chi connectivity index (χ1) is 15.3. The van der Waals surface area contributed by atoms with Crippen molar-refractivity contribution in [2.45, 2.75) is 59.0 Å². The highest BCUT2D eigenvalue weighted by molar-refractivity contribution is 6.30. The lowest BCUT2D eigenvalue weighted by atomic mass is 10.1. The van der Waals surface area contributed by atoms with Crippen molar-refractivity contribution in [2.24, 2.45) is 5.92 Å². The topological polar surface area (TPSA) is 71.4 Å². The Morgan fingerprint density at radius 1 is 0.969 bits per heavy atom. The zero-order valence-corrected chi connectivity index (χ0v) is 19.8. The van der Waals surface area contributed by atoms with Gasteiger partial charge < -0.3 is 14.8 Å². The van der Waals surface area contributed by atoms with E-state index in [0.29, 0.717) is 30.6 Å². The second-order valence-corrected chi connectivity index (χ2v) is 9.39. The van der Waals surface area contributed by atoms with Gasteiger partial charge in [-0.05, 0) is 43.4 Å². The summed E-state index contributed by atoms with van der Waals surface area (Å²) in [6.07, 6.45) is 7.22. The third-order valence-electron chi connectivity index (χ3n) is 5.74. The molecule has 0 aliphatic carbocycles. The van der Waals surface area contributed by atoms with Gasteiger partial charge in [-0.3, -0.25) is 14.4 Å². The lowest BCUT2D eigenvalue weighted by Crippen LogP contribution is -2.38. The van der Waals surface area contributed by atoms with Gasteiger partial charge in [-0.1, -0.05) is 50.4 Å². The van der Waals surface area contributed by atoms with Crippen molar-refractivity contribution in [3.8, 4) is 0 Å². The fourth-order valence-corrected chi connectivity index (χ4v) is 4.15. The first-order valence-corrected chi connectivity index (χ1v) is 11.7. The van der Waals surface area contributed by atoms with E-state index in [1.807, 2.05) is 19.1 Å². The van der Waals surface area contributed by atoms with Gasteiger partial charge in [0.1, 0.15) is 11.1 Å². The Balaban J connectivity index is 1.92. The van der Waals surface area contributed by atoms with Crippen LogP contribution in [-0.4, -0.2) is 34.4 Å². The Morgan fingerprint density at radius 2 is 1.56 bits per heavy atom. The molecule has 1 saturated heterocycles. The summed E-state index contributed by atoms with van der Waals surface area (Å²) in [6, 6.07) is 6.88. The number of carbonyl (C=O) groups is 2. The average molecular weight is 458 g/mol. The minimum Gasteiger partial charge on any atom is -0.352 e. The van der Waals surface area contributed by atoms with Gasteiger partial charge in [-0.15, -0.1) is 0 Å². The Hall–Kier alpha value is -2.60. The van der Waals surface area contributed by atoms with E-state index in [4.69, 9.17) is 11.6 Å². The SMILES string of the molecule is CC(C)Cn1cc(C(=O)N[C@H](C)c2ccc(Cl)cc2)c(=O)c(C(=O)N2CCCCCC2)c1. The molecule has 2 heterocycles. The van der Waals surface area contributed by atoms with Crippen LogP contribution in [0.2, 0.25) is 5.02 Å². The molecular weight excluding hydrogens is 426 g/mol. The van der Waals surface area contributed by atoms with Crippen LogP contribution in [0.3, 0.4) is 0 Å². The zero-order valence-electron chi connectivity index (χ0n) is 19.1. The van der Waals surface area contributed by atoms with Gasteiger partial charge in [0.15, 0.2) is 0 Å². The van der Waals surface area contributed by atoms with Gasteiger partial charge >= 0.3 is 0 Å². The van der Waals surface area contributed by atoms with Gasteiger partial charge in [0.25, 0.3) is 11.8 Å². The van der Waals surface area contributed by atoms with E-state index in [0.717, 1.165) is 31.2 Å². The fraction of sp³-hybridized carbons (Fsp3) is 0.480. The number of likely N-dealkylation sites (tertiary alicyclic amines) is 1. The average Bonchev–Trinajstić information content (AvgIpc) is 3.04. The molecule has 1 fully saturated rings. The quantitative estimate of drug-likeness (QED) is 0.685. The number of nitrogens with one attached hydrogen (secondary N) is 1. The monoisotopic (exact) mass is 457 g/mol. The summed E-state index contributed by atoms with van der Waals surface area (Å²) in [6.45, 7) is 7.85. The highest BCUT2D eigenvalue weighted by atomic mass is 35.5. The Bertz CT molecular complexity index is 1010. The maximum Gasteiger partial charge on any atom is 0.259 e. The Morgan fingerprint density at radius 3 is 2.16 bits per heavy atom. The molecule has 1 N–H and O–H groups in total. The minimum absolute atomic E-state index is 0.00728. The molecule has 32 heavy (non-hydrogen) atoms. The van der Waals surface area contributed by atoms with Crippen LogP contribution in [0.5, 0.6) is 0 Å². The second-order valence-electron chi connectivity index (χ2n) is 8.96. The van der Waals surface area contributed by atoms with Crippen molar-refractivity contribution in [3.63, 3.8) is 0 Å². The summed E-state index contributed by atoms with van der Waals surface area (Å²) in [5.41, 5.74) is 0.425. The molecule has 0 saturated carbocycles. The smallest absolute Gasteiger partial charge is 0.259 e. The molecule has 0 radical (unpaired) electrons. The number of carbonyl (C=O) groups excluding carboxylic acids is 2. The van der Waals surface area contributed by atoms with Crippen LogP contribution < -0.4 is 10.7 Å². The molecule has 0 unspecified atom stereocenters. The normalized spacial score (nSPS) is 15.3. The lowest BCUT2D eigenvalue weighted by molar-refractivity contribution is 0.0759. The summed E-state index contributed by atoms with van der Waals surface area (Å²) >= 11 is 5.95. The Labute approximate surface area is 194 Å². The van der Waals surface area contributed by atoms with Crippen LogP contribution in [-0.2, 0) is 6.54 Å². The van der Waals surface area contributed by atoms with Crippen molar-refractivity contribution < 1.29 is 9.59 Å². The molecule has 1 aromatic heterocycles. The van der Waals surface area contributed by atoms with Crippen LogP contribution in [0.4, 0.5) is 0 Å². The van der Waals surface area contributed by atoms with E-state index in [1.165, 1.54) is 0 Å². The molecule has 1 aliphatic rings. The van der Waals surface area contributed by atoms with Crippen LogP contribution in [0, 0.1) is 5.92 Å². The first kappa shape index (κ1) is 24.1. The molecule has 1 aromatic carbocycles. The third kappa shape index (κ3) is 6.00. The fourth-order valence-electron chi connectivity index (χ4n) is 4.03. The molecule has 172 valence electrons. The van der Waals surface area contributed by atoms with E-state index in [2.05, 4.69) is 19.2 Å². The molecule has 7 heteroatoms. The lowest BCUT2D eigenvalue weighted by Gasteiger charge is -2.22. The summed E-state index contributed by atoms with van der Waals surface area (Å²) in [4.78, 5) is 41.3. The number of benzene rings is 1. The molecule has 1 atom stereocenters. The maximum absolute atomic E-state index is 13.2. The van der Waals surface area contributed by atoms with Crippen LogP contribution in [0.1, 0.15) is 78.8 Å². The van der Waals surface area contributed by atoms with Crippen LogP contribution >= 0.6 is 11.6 Å². The molecule has 3 rings (SSSR count). The standard InChI is InChI=1S/C25H32ClN3O3/c1-17(2)14-28-15-21(24(31)27-18(3)19-8-10-20(26)11-9-19)23(30)22(16-28)25(32)29-12-6-4-5-7-13-29/h8-11,15-18H,4-7,12-14H2,1-3H3,(H,27,31)/t18-/m1/s1. The number of halogens is 1. The van der Waals surface area contributed by atoms with Crippen molar-refractivity contribution >= 4 is 23.4 Å². The van der Waals surface area contributed by atoms with Gasteiger partial charge in [-0.2, -0.15) is 0 Å². The predicted octanol–water partition coefficient (Wildman–Crippen LogP) is 4.66. The highest BCUT2D eigenvalue weighted by Crippen LogP contribution is 2.17. The number of aromatic nitrogens is 1. The van der Waals surface area contributed by atoms with Crippen molar-refractivity contribution in [3.05, 3.63) is 68.6 Å². The Kier molecular flexibility index (Phi) is 8.13. The molecule has 2 aromatic rings. The van der Waals surface area contributed by atoms with Crippen molar-refractivity contribution in [1.82, 2.24) is 14.8 Å². The maximum atomic E-state index is 13.2. The molecule has 0 bridgehead atoms. The number of rotatable bonds is 6. The van der Waals surface area contributed by atoms with E-state index < -0.39 is 11.3 Å². The summed E-state index contributed by atoms with van der Waals surface area (Å²) in [5.74, 6) is -0.474. The largest absolute Gasteiger partial charge is 0.352 e. The molecular formula is C25H32ClN3O3. The summed E-state index contributed by atoms with van der Waals surface area (Å²) < 4.78 is 1.79. The number of pyridine rings is 1. The van der Waals surface area contributed by atoms with Gasteiger partial charge in [0, 0.05) is 37.1 Å². The van der Waals surface area contributed by atoms with Crippen LogP contribution in [0.25, 0.3) is 0 Å². The van der Waals surface area contributed by atoms with Crippen LogP contribution in [0.15, 0.2) is 41.5 Å². The summed E-state index contributed by atoms with van der Waals surface area (Å²) in [5, 5.41) is 3.50. The van der Waals surface area contributed by atoms with E-state index in [1.54, 1.807) is 34.0 Å². The molecule has 2 amide bonds. The number of hydrogen-bond acceptors (Lipinski definition) is 3. The van der Waals surface area contributed by atoms with E-state index in [-0.39, 0.29) is 23.1 Å². The minimum atomic E-state index is -0.514. The summed E-state index contributed by atoms with van der Waals surface area (Å²) in [7, 11) is 0. The number of amides is 2. The zero-order chi connectivity index (χ0) is 23.3. The van der Waals surface area contributed by atoms with E-state index in [9.17, 15) is 14.4 Å². The van der Waals surface area contributed by atoms with E-state index >= 15 is 0 Å². The van der Waals surface area contributed by atoms with Gasteiger partial charge in [0.2, 0.25) is 5.43 Å². The predicted molar refractivity (Wildman–Crippen MR) is 127 cm³/mol. The van der Waals surface area contributed by atoms with Crippen molar-refractivity contribution in [2.75, 3.05) is 13.1 Å². The second kappa shape index (κ2) is 10.8. The number of nitrogens with zero attached hydrogens (tertiary/aromatic N) is 2. The third-order valence-corrected chi connectivity index (χ3v) is 5.99. The van der Waals surface area contributed by atoms with Gasteiger partial charge in [-0.25, -0.2) is 0 Å².